The Hall–Kier alpha value is -3.43. The second-order valence-electron chi connectivity index (χ2n) is 11.5. The molecule has 1 aliphatic carbocycles. The zero-order valence-corrected chi connectivity index (χ0v) is 23.3. The molecule has 6 rings (SSSR count). The standard InChI is InChI=1S/C30H35N5O3S/c1-20-13-28(30(31)36)32-35(20)27-7-8-29-23(16-27)9-10-34(29)17-21-3-5-22(6-4-21)24-14-25-18-33(19-26(25)15-24)11-12-39(2,37)38/h3-10,13,16,24-26H,11-12,14-15,17-19H2,1-2H3,(H2,31,36)/t24-,25-,26+. The van der Waals surface area contributed by atoms with Crippen LogP contribution in [0.4, 0.5) is 0 Å². The minimum absolute atomic E-state index is 0.261. The third-order valence-corrected chi connectivity index (χ3v) is 9.47. The fraction of sp³-hybridized carbons (Fsp3) is 0.400. The lowest BCUT2D eigenvalue weighted by atomic mass is 9.95. The molecule has 204 valence electrons. The highest BCUT2D eigenvalue weighted by atomic mass is 32.2. The molecule has 2 fully saturated rings. The van der Waals surface area contributed by atoms with Crippen LogP contribution in [0.2, 0.25) is 0 Å². The summed E-state index contributed by atoms with van der Waals surface area (Å²) in [5.41, 5.74) is 11.2. The lowest BCUT2D eigenvalue weighted by Gasteiger charge is -2.19. The first-order valence-electron chi connectivity index (χ1n) is 13.6. The number of nitrogens with zero attached hydrogens (tertiary/aromatic N) is 4. The average molecular weight is 546 g/mol. The third-order valence-electron chi connectivity index (χ3n) is 8.55. The maximum absolute atomic E-state index is 11.5. The van der Waals surface area contributed by atoms with Crippen molar-refractivity contribution in [2.45, 2.75) is 32.2 Å². The molecule has 1 saturated carbocycles. The highest BCUT2D eigenvalue weighted by Gasteiger charge is 2.41. The normalized spacial score (nSPS) is 21.5. The van der Waals surface area contributed by atoms with Gasteiger partial charge in [0.15, 0.2) is 5.69 Å². The van der Waals surface area contributed by atoms with E-state index >= 15 is 0 Å². The monoisotopic (exact) mass is 545 g/mol. The van der Waals surface area contributed by atoms with Crippen LogP contribution >= 0.6 is 0 Å². The van der Waals surface area contributed by atoms with Gasteiger partial charge in [-0.2, -0.15) is 5.10 Å². The summed E-state index contributed by atoms with van der Waals surface area (Å²) in [6.07, 6.45) is 5.83. The molecule has 1 saturated heterocycles. The Morgan fingerprint density at radius 3 is 2.38 bits per heavy atom. The van der Waals surface area contributed by atoms with Gasteiger partial charge in [0.1, 0.15) is 9.84 Å². The number of benzene rings is 2. The second-order valence-corrected chi connectivity index (χ2v) is 13.7. The molecule has 1 aliphatic heterocycles. The highest BCUT2D eigenvalue weighted by molar-refractivity contribution is 7.90. The number of primary amides is 1. The summed E-state index contributed by atoms with van der Waals surface area (Å²) in [6, 6.07) is 19.1. The van der Waals surface area contributed by atoms with E-state index in [1.807, 2.05) is 13.0 Å². The van der Waals surface area contributed by atoms with Crippen molar-refractivity contribution in [3.8, 4) is 5.69 Å². The lowest BCUT2D eigenvalue weighted by Crippen LogP contribution is -2.28. The molecule has 0 radical (unpaired) electrons. The molecular formula is C30H35N5O3S. The number of likely N-dealkylation sites (tertiary alicyclic amines) is 1. The topological polar surface area (TPSA) is 103 Å². The molecule has 2 aromatic carbocycles. The van der Waals surface area contributed by atoms with Crippen LogP contribution in [0, 0.1) is 18.8 Å². The first kappa shape index (κ1) is 25.8. The van der Waals surface area contributed by atoms with Gasteiger partial charge in [-0.1, -0.05) is 24.3 Å². The Bertz CT molecular complexity index is 1620. The molecule has 9 heteroatoms. The molecule has 0 unspecified atom stereocenters. The number of aromatic nitrogens is 3. The van der Waals surface area contributed by atoms with Crippen LogP contribution in [0.3, 0.4) is 0 Å². The van der Waals surface area contributed by atoms with Crippen LogP contribution in [0.25, 0.3) is 16.6 Å². The van der Waals surface area contributed by atoms with Crippen molar-refractivity contribution in [3.05, 3.63) is 83.3 Å². The Morgan fingerprint density at radius 1 is 1.03 bits per heavy atom. The Balaban J connectivity index is 1.10. The SMILES string of the molecule is Cc1cc(C(N)=O)nn1-c1ccc2c(ccn2Cc2ccc([C@@H]3C[C@@H]4CN(CCS(C)(=O)=O)C[C@@H]4C3)cc2)c1. The van der Waals surface area contributed by atoms with E-state index in [9.17, 15) is 13.2 Å². The summed E-state index contributed by atoms with van der Waals surface area (Å²) in [4.78, 5) is 13.9. The van der Waals surface area contributed by atoms with E-state index in [-0.39, 0.29) is 11.4 Å². The van der Waals surface area contributed by atoms with Crippen molar-refractivity contribution in [2.24, 2.45) is 17.6 Å². The minimum Gasteiger partial charge on any atom is -0.364 e. The van der Waals surface area contributed by atoms with E-state index in [0.29, 0.717) is 24.3 Å². The average Bonchev–Trinajstić information content (AvgIpc) is 3.65. The maximum atomic E-state index is 11.5. The number of fused-ring (bicyclic) bond motifs is 2. The quantitative estimate of drug-likeness (QED) is 0.363. The van der Waals surface area contributed by atoms with Gasteiger partial charge in [-0.3, -0.25) is 4.79 Å². The van der Waals surface area contributed by atoms with E-state index in [4.69, 9.17) is 5.73 Å². The minimum atomic E-state index is -2.90. The van der Waals surface area contributed by atoms with Gasteiger partial charge in [-0.05, 0) is 79.0 Å². The van der Waals surface area contributed by atoms with Crippen LogP contribution in [-0.2, 0) is 16.4 Å². The summed E-state index contributed by atoms with van der Waals surface area (Å²) in [7, 11) is -2.90. The molecule has 0 spiro atoms. The molecule has 2 N–H and O–H groups in total. The van der Waals surface area contributed by atoms with Gasteiger partial charge < -0.3 is 15.2 Å². The van der Waals surface area contributed by atoms with Gasteiger partial charge in [-0.15, -0.1) is 0 Å². The van der Waals surface area contributed by atoms with Gasteiger partial charge in [0.25, 0.3) is 5.91 Å². The fourth-order valence-electron chi connectivity index (χ4n) is 6.55. The smallest absolute Gasteiger partial charge is 0.269 e. The molecule has 3 atom stereocenters. The van der Waals surface area contributed by atoms with Crippen LogP contribution in [0.15, 0.2) is 60.8 Å². The summed E-state index contributed by atoms with van der Waals surface area (Å²) < 4.78 is 27.0. The van der Waals surface area contributed by atoms with Gasteiger partial charge >= 0.3 is 0 Å². The summed E-state index contributed by atoms with van der Waals surface area (Å²) in [5, 5.41) is 5.47. The Kier molecular flexibility index (Phi) is 6.59. The predicted octanol–water partition coefficient (Wildman–Crippen LogP) is 3.75. The number of aryl methyl sites for hydroxylation is 1. The van der Waals surface area contributed by atoms with Crippen LogP contribution in [0.1, 0.15) is 46.1 Å². The molecule has 0 bridgehead atoms. The number of sulfone groups is 1. The second kappa shape index (κ2) is 9.95. The van der Waals surface area contributed by atoms with Crippen molar-refractivity contribution < 1.29 is 13.2 Å². The number of hydrogen-bond acceptors (Lipinski definition) is 5. The van der Waals surface area contributed by atoms with Crippen LogP contribution < -0.4 is 5.73 Å². The van der Waals surface area contributed by atoms with Crippen LogP contribution in [0.5, 0.6) is 0 Å². The zero-order valence-electron chi connectivity index (χ0n) is 22.5. The van der Waals surface area contributed by atoms with Gasteiger partial charge in [0, 0.05) is 55.2 Å². The van der Waals surface area contributed by atoms with Gasteiger partial charge in [0.2, 0.25) is 0 Å². The van der Waals surface area contributed by atoms with Gasteiger partial charge in [-0.25, -0.2) is 13.1 Å². The molecule has 2 aliphatic rings. The van der Waals surface area contributed by atoms with E-state index in [1.54, 1.807) is 10.7 Å². The van der Waals surface area contributed by atoms with E-state index in [2.05, 4.69) is 63.2 Å². The number of nitrogens with two attached hydrogens (primary N) is 1. The van der Waals surface area contributed by atoms with Crippen molar-refractivity contribution in [1.29, 1.82) is 0 Å². The number of rotatable bonds is 8. The van der Waals surface area contributed by atoms with E-state index in [0.717, 1.165) is 41.9 Å². The number of carbonyl (C=O) groups excluding carboxylic acids is 1. The van der Waals surface area contributed by atoms with Crippen molar-refractivity contribution in [2.75, 3.05) is 31.6 Å². The first-order chi connectivity index (χ1) is 18.6. The fourth-order valence-corrected chi connectivity index (χ4v) is 7.14. The van der Waals surface area contributed by atoms with Crippen molar-refractivity contribution in [1.82, 2.24) is 19.2 Å². The van der Waals surface area contributed by atoms with Crippen LogP contribution in [-0.4, -0.2) is 65.2 Å². The van der Waals surface area contributed by atoms with Crippen molar-refractivity contribution in [3.63, 3.8) is 0 Å². The highest BCUT2D eigenvalue weighted by Crippen LogP contribution is 2.46. The number of amides is 1. The molecule has 3 heterocycles. The largest absolute Gasteiger partial charge is 0.364 e. The molecule has 1 amide bonds. The molecular weight excluding hydrogens is 510 g/mol. The molecule has 39 heavy (non-hydrogen) atoms. The molecule has 2 aromatic heterocycles. The first-order valence-corrected chi connectivity index (χ1v) is 15.6. The zero-order chi connectivity index (χ0) is 27.3. The van der Waals surface area contributed by atoms with Crippen molar-refractivity contribution >= 4 is 26.6 Å². The van der Waals surface area contributed by atoms with Gasteiger partial charge in [0.05, 0.1) is 11.4 Å². The predicted molar refractivity (Wildman–Crippen MR) is 153 cm³/mol. The molecule has 4 aromatic rings. The lowest BCUT2D eigenvalue weighted by molar-refractivity contribution is 0.0995. The third kappa shape index (κ3) is 5.38. The number of carbonyl (C=O) groups is 1. The summed E-state index contributed by atoms with van der Waals surface area (Å²) >= 11 is 0. The number of hydrogen-bond donors (Lipinski definition) is 1. The van der Waals surface area contributed by atoms with E-state index in [1.165, 1.54) is 30.2 Å². The Morgan fingerprint density at radius 2 is 1.74 bits per heavy atom. The summed E-state index contributed by atoms with van der Waals surface area (Å²) in [6.45, 7) is 5.43. The summed E-state index contributed by atoms with van der Waals surface area (Å²) in [5.74, 6) is 1.69. The Labute approximate surface area is 229 Å². The molecule has 8 nitrogen and oxygen atoms in total. The maximum Gasteiger partial charge on any atom is 0.269 e. The van der Waals surface area contributed by atoms with E-state index < -0.39 is 15.7 Å².